The van der Waals surface area contributed by atoms with Gasteiger partial charge in [-0.15, -0.1) is 0 Å². The van der Waals surface area contributed by atoms with Gasteiger partial charge in [-0.1, -0.05) is 39.0 Å². The van der Waals surface area contributed by atoms with Gasteiger partial charge in [0, 0.05) is 11.1 Å². The van der Waals surface area contributed by atoms with E-state index in [0.717, 1.165) is 15.9 Å². The molecule has 0 radical (unpaired) electrons. The van der Waals surface area contributed by atoms with Crippen LogP contribution in [0.5, 0.6) is 0 Å². The van der Waals surface area contributed by atoms with Crippen LogP contribution in [0.25, 0.3) is 0 Å². The summed E-state index contributed by atoms with van der Waals surface area (Å²) in [6, 6.07) is 12.8. The number of aromatic nitrogens is 1. The van der Waals surface area contributed by atoms with E-state index in [-0.39, 0.29) is 45.2 Å². The van der Waals surface area contributed by atoms with Gasteiger partial charge in [-0.2, -0.15) is 13.2 Å². The summed E-state index contributed by atoms with van der Waals surface area (Å²) in [5.74, 6) is -0.101. The van der Waals surface area contributed by atoms with Crippen molar-refractivity contribution in [2.75, 3.05) is 9.62 Å². The van der Waals surface area contributed by atoms with Crippen molar-refractivity contribution in [2.24, 2.45) is 0 Å². The van der Waals surface area contributed by atoms with Gasteiger partial charge >= 0.3 is 6.18 Å². The molecule has 0 amide bonds. The molecular weight excluding hydrogens is 467 g/mol. The van der Waals surface area contributed by atoms with Crippen LogP contribution in [-0.2, 0) is 28.2 Å². The number of carbonyl (C=O) groups is 1. The van der Waals surface area contributed by atoms with Gasteiger partial charge < -0.3 is 5.32 Å². The van der Waals surface area contributed by atoms with Crippen molar-refractivity contribution in [3.05, 3.63) is 77.0 Å². The minimum Gasteiger partial charge on any atom is -0.338 e. The summed E-state index contributed by atoms with van der Waals surface area (Å²) in [6.45, 7) is 5.75. The largest absolute Gasteiger partial charge is 0.433 e. The number of rotatable bonds is 3. The van der Waals surface area contributed by atoms with Gasteiger partial charge in [0.25, 0.3) is 10.0 Å². The summed E-state index contributed by atoms with van der Waals surface area (Å²) in [6.07, 6.45) is -4.09. The molecule has 0 atom stereocenters. The van der Waals surface area contributed by atoms with Crippen LogP contribution in [0, 0.1) is 0 Å². The van der Waals surface area contributed by atoms with Crippen molar-refractivity contribution in [1.82, 2.24) is 4.98 Å². The maximum atomic E-state index is 13.7. The number of pyridine rings is 1. The van der Waals surface area contributed by atoms with Crippen molar-refractivity contribution in [2.45, 2.75) is 43.8 Å². The highest BCUT2D eigenvalue weighted by Gasteiger charge is 2.35. The third kappa shape index (κ3) is 4.37. The molecule has 0 bridgehead atoms. The second-order valence-electron chi connectivity index (χ2n) is 9.01. The number of fused-ring (bicyclic) bond motifs is 2. The van der Waals surface area contributed by atoms with Crippen LogP contribution < -0.4 is 9.62 Å². The van der Waals surface area contributed by atoms with Crippen molar-refractivity contribution in [1.29, 1.82) is 0 Å². The normalized spacial score (nSPS) is 14.0. The second-order valence-corrected chi connectivity index (χ2v) is 10.9. The van der Waals surface area contributed by atoms with E-state index in [4.69, 9.17) is 0 Å². The van der Waals surface area contributed by atoms with E-state index >= 15 is 0 Å². The number of nitrogens with zero attached hydrogens (tertiary/aromatic N) is 2. The number of nitrogens with one attached hydrogen (secondary N) is 1. The summed E-state index contributed by atoms with van der Waals surface area (Å²) < 4.78 is 68.2. The van der Waals surface area contributed by atoms with Crippen molar-refractivity contribution in [3.63, 3.8) is 0 Å². The molecule has 4 rings (SSSR count). The fourth-order valence-corrected chi connectivity index (χ4v) is 5.11. The lowest BCUT2D eigenvalue weighted by molar-refractivity contribution is -0.141. The highest BCUT2D eigenvalue weighted by atomic mass is 32.2. The molecule has 1 aliphatic rings. The molecule has 0 spiro atoms. The highest BCUT2D eigenvalue weighted by molar-refractivity contribution is 7.92. The molecule has 1 aliphatic heterocycles. The first kappa shape index (κ1) is 23.7. The number of hydrogen-bond donors (Lipinski definition) is 1. The van der Waals surface area contributed by atoms with E-state index in [0.29, 0.717) is 6.29 Å². The van der Waals surface area contributed by atoms with Gasteiger partial charge in [0.2, 0.25) is 0 Å². The average Bonchev–Trinajstić information content (AvgIpc) is 2.94. The molecule has 0 unspecified atom stereocenters. The monoisotopic (exact) mass is 489 g/mol. The van der Waals surface area contributed by atoms with Gasteiger partial charge in [0.05, 0.1) is 22.8 Å². The summed E-state index contributed by atoms with van der Waals surface area (Å²) in [5.41, 5.74) is 0.495. The van der Waals surface area contributed by atoms with Crippen LogP contribution in [0.15, 0.2) is 59.5 Å². The Kier molecular flexibility index (Phi) is 5.67. The van der Waals surface area contributed by atoms with Crippen molar-refractivity contribution < 1.29 is 26.4 Å². The molecule has 1 aromatic heterocycles. The average molecular weight is 490 g/mol. The Morgan fingerprint density at radius 3 is 2.26 bits per heavy atom. The molecule has 6 nitrogen and oxygen atoms in total. The van der Waals surface area contributed by atoms with E-state index in [1.807, 2.05) is 20.8 Å². The standard InChI is InChI=1S/C24H22F3N3O3S/c1-23(2,3)17-6-8-18(9-7-17)34(32,33)30-13-16-5-11-21(24(25,26)27)29-22(16)28-19-10-4-15(14-31)12-20(19)30/h4-12,14H,13H2,1-3H3,(H,28,29). The quantitative estimate of drug-likeness (QED) is 0.480. The molecule has 2 heterocycles. The van der Waals surface area contributed by atoms with Gasteiger partial charge in [0.1, 0.15) is 17.8 Å². The molecule has 178 valence electrons. The van der Waals surface area contributed by atoms with Gasteiger partial charge in [0.15, 0.2) is 0 Å². The van der Waals surface area contributed by atoms with E-state index in [2.05, 4.69) is 10.3 Å². The van der Waals surface area contributed by atoms with Crippen LogP contribution in [0.1, 0.15) is 48.0 Å². The van der Waals surface area contributed by atoms with Gasteiger partial charge in [-0.25, -0.2) is 13.4 Å². The summed E-state index contributed by atoms with van der Waals surface area (Å²) >= 11 is 0. The number of anilines is 3. The first-order valence-corrected chi connectivity index (χ1v) is 11.8. The third-order valence-electron chi connectivity index (χ3n) is 5.57. The Bertz CT molecular complexity index is 1360. The van der Waals surface area contributed by atoms with Crippen LogP contribution in [0.4, 0.5) is 30.4 Å². The molecule has 0 aliphatic carbocycles. The molecule has 1 N–H and O–H groups in total. The van der Waals surface area contributed by atoms with Crippen molar-refractivity contribution in [3.8, 4) is 0 Å². The topological polar surface area (TPSA) is 79.4 Å². The van der Waals surface area contributed by atoms with Crippen LogP contribution >= 0.6 is 0 Å². The number of alkyl halides is 3. The zero-order valence-electron chi connectivity index (χ0n) is 18.6. The van der Waals surface area contributed by atoms with E-state index in [9.17, 15) is 26.4 Å². The smallest absolute Gasteiger partial charge is 0.338 e. The zero-order valence-corrected chi connectivity index (χ0v) is 19.5. The zero-order chi connectivity index (χ0) is 24.9. The Hall–Kier alpha value is -3.40. The first-order valence-electron chi connectivity index (χ1n) is 10.4. The minimum absolute atomic E-state index is 0.0197. The van der Waals surface area contributed by atoms with Gasteiger partial charge in [-0.3, -0.25) is 9.10 Å². The number of sulfonamides is 1. The Morgan fingerprint density at radius 2 is 1.68 bits per heavy atom. The fraction of sp³-hybridized carbons (Fsp3) is 0.250. The van der Waals surface area contributed by atoms with E-state index in [1.54, 1.807) is 12.1 Å². The molecule has 34 heavy (non-hydrogen) atoms. The number of halogens is 3. The molecule has 0 saturated heterocycles. The summed E-state index contributed by atoms with van der Waals surface area (Å²) in [7, 11) is -4.14. The maximum absolute atomic E-state index is 13.7. The summed E-state index contributed by atoms with van der Waals surface area (Å²) in [4.78, 5) is 15.1. The van der Waals surface area contributed by atoms with E-state index in [1.165, 1.54) is 36.4 Å². The predicted octanol–water partition coefficient (Wildman–Crippen LogP) is 5.66. The molecule has 0 fully saturated rings. The van der Waals surface area contributed by atoms with E-state index < -0.39 is 21.9 Å². The minimum atomic E-state index is -4.66. The molecule has 10 heteroatoms. The molecule has 2 aromatic carbocycles. The number of benzene rings is 2. The first-order chi connectivity index (χ1) is 15.8. The van der Waals surface area contributed by atoms with Crippen LogP contribution in [0.2, 0.25) is 0 Å². The SMILES string of the molecule is CC(C)(C)c1ccc(S(=O)(=O)N2Cc3ccc(C(F)(F)F)nc3Nc3ccc(C=O)cc32)cc1. The Balaban J connectivity index is 1.87. The fourth-order valence-electron chi connectivity index (χ4n) is 3.65. The lowest BCUT2D eigenvalue weighted by atomic mass is 9.87. The van der Waals surface area contributed by atoms with Crippen LogP contribution in [-0.4, -0.2) is 19.7 Å². The van der Waals surface area contributed by atoms with Crippen LogP contribution in [0.3, 0.4) is 0 Å². The second kappa shape index (κ2) is 8.12. The van der Waals surface area contributed by atoms with Gasteiger partial charge in [-0.05, 0) is 47.4 Å². The molecule has 3 aromatic rings. The van der Waals surface area contributed by atoms with Crippen molar-refractivity contribution >= 4 is 33.5 Å². The number of hydrogen-bond acceptors (Lipinski definition) is 5. The Labute approximate surface area is 195 Å². The maximum Gasteiger partial charge on any atom is 0.433 e. The molecule has 0 saturated carbocycles. The summed E-state index contributed by atoms with van der Waals surface area (Å²) in [5, 5.41) is 2.82. The highest BCUT2D eigenvalue weighted by Crippen LogP contribution is 2.40. The third-order valence-corrected chi connectivity index (χ3v) is 7.35. The predicted molar refractivity (Wildman–Crippen MR) is 123 cm³/mol. The lowest BCUT2D eigenvalue weighted by Crippen LogP contribution is -2.30. The number of carbonyl (C=O) groups excluding carboxylic acids is 1. The lowest BCUT2D eigenvalue weighted by Gasteiger charge is -2.25. The Morgan fingerprint density at radius 1 is 1.00 bits per heavy atom. The number of aldehydes is 1. The molecular formula is C24H22F3N3O3S.